The molecule has 0 unspecified atom stereocenters. The Hall–Kier alpha value is -0.900. The van der Waals surface area contributed by atoms with Crippen molar-refractivity contribution < 1.29 is 4.74 Å². The summed E-state index contributed by atoms with van der Waals surface area (Å²) < 4.78 is 5.45. The van der Waals surface area contributed by atoms with Crippen LogP contribution >= 0.6 is 0 Å². The van der Waals surface area contributed by atoms with E-state index < -0.39 is 0 Å². The maximum absolute atomic E-state index is 5.45. The Labute approximate surface area is 111 Å². The molecule has 0 aliphatic rings. The van der Waals surface area contributed by atoms with Crippen LogP contribution in [-0.2, 0) is 11.2 Å². The summed E-state index contributed by atoms with van der Waals surface area (Å²) in [6, 6.07) is 11.2. The number of rotatable bonds is 9. The largest absolute Gasteiger partial charge is 0.379 e. The molecular weight excluding hydrogens is 224 g/mol. The standard InChI is InChI=1S/C15H26N2O/c1-14(2)17(11-13-18-12-9-16)10-8-15-6-4-3-5-7-15/h3-7,14H,8-13,16H2,1-2H3. The highest BCUT2D eigenvalue weighted by Gasteiger charge is 2.08. The Balaban J connectivity index is 2.29. The first-order valence-electron chi connectivity index (χ1n) is 6.80. The number of ether oxygens (including phenoxy) is 1. The van der Waals surface area contributed by atoms with Crippen LogP contribution in [0.25, 0.3) is 0 Å². The fourth-order valence-electron chi connectivity index (χ4n) is 1.91. The number of hydrogen-bond acceptors (Lipinski definition) is 3. The zero-order valence-electron chi connectivity index (χ0n) is 11.6. The first-order chi connectivity index (χ1) is 8.74. The number of benzene rings is 1. The van der Waals surface area contributed by atoms with E-state index in [4.69, 9.17) is 10.5 Å². The molecule has 0 radical (unpaired) electrons. The van der Waals surface area contributed by atoms with E-state index in [2.05, 4.69) is 49.1 Å². The fourth-order valence-corrected chi connectivity index (χ4v) is 1.91. The third-order valence-corrected chi connectivity index (χ3v) is 3.05. The van der Waals surface area contributed by atoms with Gasteiger partial charge in [0, 0.05) is 25.7 Å². The van der Waals surface area contributed by atoms with Crippen LogP contribution in [0.5, 0.6) is 0 Å². The lowest BCUT2D eigenvalue weighted by Crippen LogP contribution is -2.36. The Bertz CT molecular complexity index is 301. The average molecular weight is 250 g/mol. The van der Waals surface area contributed by atoms with Gasteiger partial charge in [-0.05, 0) is 25.8 Å². The van der Waals surface area contributed by atoms with E-state index in [-0.39, 0.29) is 0 Å². The highest BCUT2D eigenvalue weighted by atomic mass is 16.5. The van der Waals surface area contributed by atoms with Crippen LogP contribution in [0.4, 0.5) is 0 Å². The fraction of sp³-hybridized carbons (Fsp3) is 0.600. The molecule has 0 bridgehead atoms. The van der Waals surface area contributed by atoms with Crippen LogP contribution in [0.2, 0.25) is 0 Å². The molecular formula is C15H26N2O. The van der Waals surface area contributed by atoms with E-state index in [1.165, 1.54) is 5.56 Å². The average Bonchev–Trinajstić information content (AvgIpc) is 2.38. The van der Waals surface area contributed by atoms with Crippen molar-refractivity contribution in [3.8, 4) is 0 Å². The van der Waals surface area contributed by atoms with E-state index in [0.29, 0.717) is 19.2 Å². The van der Waals surface area contributed by atoms with Crippen LogP contribution < -0.4 is 5.73 Å². The lowest BCUT2D eigenvalue weighted by molar-refractivity contribution is 0.0978. The molecule has 0 aliphatic heterocycles. The van der Waals surface area contributed by atoms with Gasteiger partial charge in [-0.25, -0.2) is 0 Å². The van der Waals surface area contributed by atoms with Crippen molar-refractivity contribution in [1.82, 2.24) is 4.90 Å². The highest BCUT2D eigenvalue weighted by molar-refractivity contribution is 5.14. The molecule has 0 heterocycles. The van der Waals surface area contributed by atoms with Gasteiger partial charge < -0.3 is 10.5 Å². The van der Waals surface area contributed by atoms with Gasteiger partial charge in [0.05, 0.1) is 13.2 Å². The summed E-state index contributed by atoms with van der Waals surface area (Å²) in [6.45, 7) is 8.54. The minimum Gasteiger partial charge on any atom is -0.379 e. The van der Waals surface area contributed by atoms with Gasteiger partial charge in [-0.3, -0.25) is 4.90 Å². The van der Waals surface area contributed by atoms with Crippen molar-refractivity contribution in [1.29, 1.82) is 0 Å². The molecule has 1 aromatic carbocycles. The molecule has 0 saturated heterocycles. The van der Waals surface area contributed by atoms with Crippen molar-refractivity contribution in [2.24, 2.45) is 5.73 Å². The molecule has 0 amide bonds. The molecule has 2 N–H and O–H groups in total. The topological polar surface area (TPSA) is 38.5 Å². The van der Waals surface area contributed by atoms with Gasteiger partial charge in [0.2, 0.25) is 0 Å². The van der Waals surface area contributed by atoms with Gasteiger partial charge in [0.25, 0.3) is 0 Å². The van der Waals surface area contributed by atoms with Crippen molar-refractivity contribution >= 4 is 0 Å². The van der Waals surface area contributed by atoms with Crippen LogP contribution in [0.15, 0.2) is 30.3 Å². The van der Waals surface area contributed by atoms with Crippen molar-refractivity contribution in [2.75, 3.05) is 32.8 Å². The van der Waals surface area contributed by atoms with Gasteiger partial charge in [0.15, 0.2) is 0 Å². The molecule has 0 spiro atoms. The minimum absolute atomic E-state index is 0.551. The van der Waals surface area contributed by atoms with Crippen molar-refractivity contribution in [3.05, 3.63) is 35.9 Å². The SMILES string of the molecule is CC(C)N(CCOCCN)CCc1ccccc1. The number of nitrogens with two attached hydrogens (primary N) is 1. The van der Waals surface area contributed by atoms with E-state index >= 15 is 0 Å². The first-order valence-corrected chi connectivity index (χ1v) is 6.80. The van der Waals surface area contributed by atoms with Crippen LogP contribution in [0.1, 0.15) is 19.4 Å². The summed E-state index contributed by atoms with van der Waals surface area (Å²) in [5.74, 6) is 0. The second-order valence-corrected chi connectivity index (χ2v) is 4.77. The van der Waals surface area contributed by atoms with Gasteiger partial charge in [-0.15, -0.1) is 0 Å². The number of hydrogen-bond donors (Lipinski definition) is 1. The Morgan fingerprint density at radius 2 is 1.83 bits per heavy atom. The predicted octanol–water partition coefficient (Wildman–Crippen LogP) is 1.91. The maximum atomic E-state index is 5.45. The quantitative estimate of drug-likeness (QED) is 0.680. The molecule has 0 atom stereocenters. The lowest BCUT2D eigenvalue weighted by atomic mass is 10.1. The third kappa shape index (κ3) is 6.15. The van der Waals surface area contributed by atoms with Gasteiger partial charge in [0.1, 0.15) is 0 Å². The van der Waals surface area contributed by atoms with Crippen molar-refractivity contribution in [2.45, 2.75) is 26.3 Å². The zero-order chi connectivity index (χ0) is 13.2. The molecule has 1 aromatic rings. The minimum atomic E-state index is 0.551. The molecule has 102 valence electrons. The van der Waals surface area contributed by atoms with E-state index in [1.54, 1.807) is 0 Å². The van der Waals surface area contributed by atoms with E-state index in [9.17, 15) is 0 Å². The maximum Gasteiger partial charge on any atom is 0.0594 e. The summed E-state index contributed by atoms with van der Waals surface area (Å²) in [7, 11) is 0. The third-order valence-electron chi connectivity index (χ3n) is 3.05. The molecule has 1 rings (SSSR count). The summed E-state index contributed by atoms with van der Waals surface area (Å²) in [6.07, 6.45) is 1.09. The van der Waals surface area contributed by atoms with Crippen molar-refractivity contribution in [3.63, 3.8) is 0 Å². The van der Waals surface area contributed by atoms with E-state index in [0.717, 1.165) is 26.1 Å². The Kier molecular flexibility index (Phi) is 7.65. The lowest BCUT2D eigenvalue weighted by Gasteiger charge is -2.26. The molecule has 18 heavy (non-hydrogen) atoms. The zero-order valence-corrected chi connectivity index (χ0v) is 11.6. The normalized spacial score (nSPS) is 11.4. The Morgan fingerprint density at radius 1 is 1.11 bits per heavy atom. The first kappa shape index (κ1) is 15.2. The van der Waals surface area contributed by atoms with Gasteiger partial charge in [-0.1, -0.05) is 30.3 Å². The summed E-state index contributed by atoms with van der Waals surface area (Å²) >= 11 is 0. The predicted molar refractivity (Wildman–Crippen MR) is 76.7 cm³/mol. The smallest absolute Gasteiger partial charge is 0.0594 e. The molecule has 0 aromatic heterocycles. The molecule has 0 aliphatic carbocycles. The second kappa shape index (κ2) is 9.09. The molecule has 0 fully saturated rings. The summed E-state index contributed by atoms with van der Waals surface area (Å²) in [5, 5.41) is 0. The van der Waals surface area contributed by atoms with Crippen LogP contribution in [0, 0.1) is 0 Å². The van der Waals surface area contributed by atoms with Gasteiger partial charge in [-0.2, -0.15) is 0 Å². The monoisotopic (exact) mass is 250 g/mol. The summed E-state index contributed by atoms with van der Waals surface area (Å²) in [5.41, 5.74) is 6.80. The molecule has 3 nitrogen and oxygen atoms in total. The van der Waals surface area contributed by atoms with Crippen LogP contribution in [-0.4, -0.2) is 43.8 Å². The summed E-state index contributed by atoms with van der Waals surface area (Å²) in [4.78, 5) is 2.45. The van der Waals surface area contributed by atoms with Gasteiger partial charge >= 0.3 is 0 Å². The highest BCUT2D eigenvalue weighted by Crippen LogP contribution is 2.04. The number of nitrogens with zero attached hydrogens (tertiary/aromatic N) is 1. The Morgan fingerprint density at radius 3 is 2.44 bits per heavy atom. The van der Waals surface area contributed by atoms with E-state index in [1.807, 2.05) is 0 Å². The second-order valence-electron chi connectivity index (χ2n) is 4.77. The van der Waals surface area contributed by atoms with Crippen LogP contribution in [0.3, 0.4) is 0 Å². The molecule has 0 saturated carbocycles. The molecule has 3 heteroatoms.